The van der Waals surface area contributed by atoms with Crippen molar-refractivity contribution >= 4 is 22.4 Å². The summed E-state index contributed by atoms with van der Waals surface area (Å²) < 4.78 is 3.83. The van der Waals surface area contributed by atoms with Gasteiger partial charge in [0.15, 0.2) is 11.0 Å². The summed E-state index contributed by atoms with van der Waals surface area (Å²) in [5, 5.41) is 21.7. The summed E-state index contributed by atoms with van der Waals surface area (Å²) in [6.45, 7) is 0. The van der Waals surface area contributed by atoms with E-state index in [1.807, 2.05) is 39.7 Å². The zero-order valence-corrected chi connectivity index (χ0v) is 13.9. The number of rotatable bonds is 4. The molecule has 0 unspecified atom stereocenters. The fourth-order valence-electron chi connectivity index (χ4n) is 2.99. The minimum Gasteiger partial charge on any atom is -0.258 e. The Kier molecular flexibility index (Phi) is 3.85. The molecule has 0 spiro atoms. The van der Waals surface area contributed by atoms with Gasteiger partial charge in [-0.15, -0.1) is 0 Å². The molecule has 0 saturated heterocycles. The standard InChI is InChI=1S/C19H13N4O4/c24-22(25)16-9-5-14(6-10-16)20-13-21(19-4-2-1-3-18(19)20)15-7-11-17(12-8-15)23(26)27/h1-13H/q+1. The first kappa shape index (κ1) is 16.4. The maximum atomic E-state index is 10.9. The third-order valence-corrected chi connectivity index (χ3v) is 4.31. The highest BCUT2D eigenvalue weighted by Crippen LogP contribution is 2.21. The molecule has 0 aliphatic carbocycles. The molecular weight excluding hydrogens is 348 g/mol. The Morgan fingerprint density at radius 3 is 1.89 bits per heavy atom. The van der Waals surface area contributed by atoms with Crippen LogP contribution < -0.4 is 4.57 Å². The predicted molar refractivity (Wildman–Crippen MR) is 98.1 cm³/mol. The molecule has 8 nitrogen and oxygen atoms in total. The number of hydrogen-bond acceptors (Lipinski definition) is 4. The van der Waals surface area contributed by atoms with Gasteiger partial charge < -0.3 is 0 Å². The van der Waals surface area contributed by atoms with Crippen molar-refractivity contribution in [2.45, 2.75) is 0 Å². The number of benzene rings is 3. The summed E-state index contributed by atoms with van der Waals surface area (Å²) in [6, 6.07) is 20.3. The summed E-state index contributed by atoms with van der Waals surface area (Å²) in [6.07, 6.45) is 1.85. The maximum absolute atomic E-state index is 10.9. The molecule has 0 amide bonds. The Hall–Kier alpha value is -4.07. The Morgan fingerprint density at radius 1 is 0.741 bits per heavy atom. The quantitative estimate of drug-likeness (QED) is 0.314. The average molecular weight is 361 g/mol. The van der Waals surface area contributed by atoms with Crippen molar-refractivity contribution in [2.75, 3.05) is 0 Å². The highest BCUT2D eigenvalue weighted by molar-refractivity contribution is 5.74. The van der Waals surface area contributed by atoms with Crippen molar-refractivity contribution in [3.8, 4) is 11.4 Å². The Morgan fingerprint density at radius 2 is 1.30 bits per heavy atom. The van der Waals surface area contributed by atoms with E-state index in [0.717, 1.165) is 22.4 Å². The molecule has 27 heavy (non-hydrogen) atoms. The first-order valence-corrected chi connectivity index (χ1v) is 8.06. The van der Waals surface area contributed by atoms with Gasteiger partial charge in [0.25, 0.3) is 17.7 Å². The number of nitrogens with zero attached hydrogens (tertiary/aromatic N) is 4. The van der Waals surface area contributed by atoms with Crippen LogP contribution >= 0.6 is 0 Å². The lowest BCUT2D eigenvalue weighted by Crippen LogP contribution is -2.28. The Labute approximate surface area is 152 Å². The lowest BCUT2D eigenvalue weighted by molar-refractivity contribution is -0.567. The molecule has 0 radical (unpaired) electrons. The van der Waals surface area contributed by atoms with E-state index in [0.29, 0.717) is 0 Å². The van der Waals surface area contributed by atoms with Crippen LogP contribution in [-0.4, -0.2) is 14.4 Å². The van der Waals surface area contributed by atoms with Crippen molar-refractivity contribution in [3.05, 3.63) is 99.4 Å². The smallest absolute Gasteiger partial charge is 0.258 e. The lowest BCUT2D eigenvalue weighted by atomic mass is 10.2. The molecular formula is C19H13N4O4+. The van der Waals surface area contributed by atoms with E-state index in [9.17, 15) is 20.2 Å². The van der Waals surface area contributed by atoms with Gasteiger partial charge in [-0.05, 0) is 36.4 Å². The molecule has 4 aromatic rings. The van der Waals surface area contributed by atoms with Gasteiger partial charge in [0.2, 0.25) is 0 Å². The molecule has 1 heterocycles. The van der Waals surface area contributed by atoms with Crippen LogP contribution in [0.1, 0.15) is 0 Å². The van der Waals surface area contributed by atoms with E-state index >= 15 is 0 Å². The number of imidazole rings is 1. The Bertz CT molecular complexity index is 1070. The van der Waals surface area contributed by atoms with Gasteiger partial charge in [-0.1, -0.05) is 12.1 Å². The number of hydrogen-bond donors (Lipinski definition) is 0. The van der Waals surface area contributed by atoms with E-state index in [1.54, 1.807) is 24.3 Å². The number of fused-ring (bicyclic) bond motifs is 1. The second-order valence-corrected chi connectivity index (χ2v) is 5.89. The molecule has 0 fully saturated rings. The van der Waals surface area contributed by atoms with Crippen molar-refractivity contribution in [1.82, 2.24) is 4.57 Å². The van der Waals surface area contributed by atoms with Crippen molar-refractivity contribution < 1.29 is 14.4 Å². The predicted octanol–water partition coefficient (Wildman–Crippen LogP) is 3.72. The van der Waals surface area contributed by atoms with Crippen LogP contribution in [0, 0.1) is 20.2 Å². The van der Waals surface area contributed by atoms with Gasteiger partial charge in [0.05, 0.1) is 9.85 Å². The van der Waals surface area contributed by atoms with Gasteiger partial charge in [-0.25, -0.2) is 0 Å². The SMILES string of the molecule is O=[N+]([O-])c1ccc(-n2c[n+](-c3ccc([N+](=O)[O-])cc3)c3ccccc32)cc1. The molecule has 132 valence electrons. The summed E-state index contributed by atoms with van der Waals surface area (Å²) in [7, 11) is 0. The molecule has 4 rings (SSSR count). The minimum atomic E-state index is -0.436. The van der Waals surface area contributed by atoms with Gasteiger partial charge >= 0.3 is 0 Å². The first-order valence-electron chi connectivity index (χ1n) is 8.06. The molecule has 0 N–H and O–H groups in total. The van der Waals surface area contributed by atoms with E-state index < -0.39 is 9.85 Å². The second kappa shape index (κ2) is 6.34. The largest absolute Gasteiger partial charge is 0.269 e. The Balaban J connectivity index is 1.86. The maximum Gasteiger partial charge on any atom is 0.269 e. The number of non-ortho nitro benzene ring substituents is 2. The van der Waals surface area contributed by atoms with E-state index in [2.05, 4.69) is 0 Å². The molecule has 0 aliphatic heterocycles. The number of para-hydroxylation sites is 2. The van der Waals surface area contributed by atoms with Crippen molar-refractivity contribution in [2.24, 2.45) is 0 Å². The molecule has 0 bridgehead atoms. The van der Waals surface area contributed by atoms with Crippen molar-refractivity contribution in [3.63, 3.8) is 0 Å². The molecule has 0 aliphatic rings. The fourth-order valence-corrected chi connectivity index (χ4v) is 2.99. The van der Waals surface area contributed by atoms with Crippen LogP contribution in [0.25, 0.3) is 22.4 Å². The number of aromatic nitrogens is 2. The van der Waals surface area contributed by atoms with Gasteiger partial charge in [0.1, 0.15) is 11.4 Å². The third kappa shape index (κ3) is 2.89. The molecule has 0 saturated carbocycles. The highest BCUT2D eigenvalue weighted by Gasteiger charge is 2.19. The number of nitro benzene ring substituents is 2. The average Bonchev–Trinajstić information content (AvgIpc) is 3.08. The molecule has 0 atom stereocenters. The summed E-state index contributed by atoms with van der Waals surface area (Å²) >= 11 is 0. The molecule has 3 aromatic carbocycles. The van der Waals surface area contributed by atoms with E-state index in [1.165, 1.54) is 24.3 Å². The van der Waals surface area contributed by atoms with Crippen LogP contribution in [0.3, 0.4) is 0 Å². The minimum absolute atomic E-state index is 0.0263. The topological polar surface area (TPSA) is 95.1 Å². The van der Waals surface area contributed by atoms with Crippen LogP contribution in [0.5, 0.6) is 0 Å². The van der Waals surface area contributed by atoms with E-state index in [4.69, 9.17) is 0 Å². The zero-order chi connectivity index (χ0) is 19.0. The van der Waals surface area contributed by atoms with Gasteiger partial charge in [-0.3, -0.25) is 20.2 Å². The van der Waals surface area contributed by atoms with Crippen molar-refractivity contribution in [1.29, 1.82) is 0 Å². The zero-order valence-electron chi connectivity index (χ0n) is 13.9. The number of nitro groups is 2. The monoisotopic (exact) mass is 361 g/mol. The second-order valence-electron chi connectivity index (χ2n) is 5.89. The van der Waals surface area contributed by atoms with Crippen LogP contribution in [-0.2, 0) is 0 Å². The third-order valence-electron chi connectivity index (χ3n) is 4.31. The van der Waals surface area contributed by atoms with E-state index in [-0.39, 0.29) is 11.4 Å². The van der Waals surface area contributed by atoms with Gasteiger partial charge in [-0.2, -0.15) is 9.13 Å². The lowest BCUT2D eigenvalue weighted by Gasteiger charge is -1.97. The summed E-state index contributed by atoms with van der Waals surface area (Å²) in [4.78, 5) is 20.9. The van der Waals surface area contributed by atoms with Crippen LogP contribution in [0.15, 0.2) is 79.1 Å². The normalized spacial score (nSPS) is 10.8. The molecule has 1 aromatic heterocycles. The van der Waals surface area contributed by atoms with Crippen LogP contribution in [0.2, 0.25) is 0 Å². The highest BCUT2D eigenvalue weighted by atomic mass is 16.6. The fraction of sp³-hybridized carbons (Fsp3) is 0. The first-order chi connectivity index (χ1) is 13.0. The molecule has 8 heteroatoms. The van der Waals surface area contributed by atoms with Gasteiger partial charge in [0, 0.05) is 24.3 Å². The summed E-state index contributed by atoms with van der Waals surface area (Å²) in [5.41, 5.74) is 3.42. The van der Waals surface area contributed by atoms with Crippen LogP contribution in [0.4, 0.5) is 11.4 Å². The summed E-state index contributed by atoms with van der Waals surface area (Å²) in [5.74, 6) is 0.